The number of hydrogen-bond donors (Lipinski definition) is 2. The number of anilines is 2. The average Bonchev–Trinajstić information content (AvgIpc) is 3.21. The number of ether oxygens (including phenoxy) is 2. The first kappa shape index (κ1) is 18.8. The number of methoxy groups -OCH3 is 2. The molecule has 0 unspecified atom stereocenters. The molecule has 29 heavy (non-hydrogen) atoms. The Morgan fingerprint density at radius 3 is 2.59 bits per heavy atom. The van der Waals surface area contributed by atoms with E-state index < -0.39 is 5.92 Å². The van der Waals surface area contributed by atoms with Gasteiger partial charge in [-0.05, 0) is 36.8 Å². The molecule has 2 heterocycles. The summed E-state index contributed by atoms with van der Waals surface area (Å²) in [4.78, 5) is 17.7. The largest absolute Gasteiger partial charge is 0.497 e. The lowest BCUT2D eigenvalue weighted by Gasteiger charge is -2.37. The fourth-order valence-electron chi connectivity index (χ4n) is 3.76. The van der Waals surface area contributed by atoms with E-state index in [0.717, 1.165) is 11.3 Å². The van der Waals surface area contributed by atoms with Crippen molar-refractivity contribution in [3.8, 4) is 11.5 Å². The molecule has 1 aliphatic rings. The van der Waals surface area contributed by atoms with Crippen LogP contribution in [0.4, 0.5) is 11.6 Å². The Morgan fingerprint density at radius 1 is 1.10 bits per heavy atom. The number of fused-ring (bicyclic) bond motifs is 1. The maximum atomic E-state index is 13.4. The Morgan fingerprint density at radius 2 is 1.86 bits per heavy atom. The summed E-state index contributed by atoms with van der Waals surface area (Å²) in [7, 11) is 3.21. The van der Waals surface area contributed by atoms with Gasteiger partial charge in [0.1, 0.15) is 17.8 Å². The predicted molar refractivity (Wildman–Crippen MR) is 109 cm³/mol. The van der Waals surface area contributed by atoms with E-state index in [2.05, 4.69) is 20.7 Å². The number of carbonyl (C=O) groups excluding carboxylic acids is 1. The number of rotatable bonds is 5. The van der Waals surface area contributed by atoms with Crippen molar-refractivity contribution in [2.24, 2.45) is 5.92 Å². The van der Waals surface area contributed by atoms with Crippen LogP contribution in [0.5, 0.6) is 11.5 Å². The molecule has 3 atom stereocenters. The van der Waals surface area contributed by atoms with Crippen LogP contribution in [-0.2, 0) is 4.79 Å². The van der Waals surface area contributed by atoms with Gasteiger partial charge in [-0.2, -0.15) is 10.1 Å². The molecule has 0 saturated heterocycles. The lowest BCUT2D eigenvalue weighted by atomic mass is 9.85. The van der Waals surface area contributed by atoms with Crippen molar-refractivity contribution in [3.63, 3.8) is 0 Å². The first-order valence-electron chi connectivity index (χ1n) is 9.36. The first-order chi connectivity index (χ1) is 14.1. The molecule has 0 fully saturated rings. The monoisotopic (exact) mass is 393 g/mol. The summed E-state index contributed by atoms with van der Waals surface area (Å²) in [6, 6.07) is 14.6. The van der Waals surface area contributed by atoms with E-state index in [0.29, 0.717) is 17.4 Å². The highest BCUT2D eigenvalue weighted by atomic mass is 16.5. The quantitative estimate of drug-likeness (QED) is 0.693. The summed E-state index contributed by atoms with van der Waals surface area (Å²) in [5, 5.41) is 10.7. The molecule has 8 nitrogen and oxygen atoms in total. The van der Waals surface area contributed by atoms with Gasteiger partial charge in [-0.3, -0.25) is 4.79 Å². The minimum Gasteiger partial charge on any atom is -0.497 e. The highest BCUT2D eigenvalue weighted by molar-refractivity contribution is 5.95. The van der Waals surface area contributed by atoms with Gasteiger partial charge in [0.25, 0.3) is 0 Å². The van der Waals surface area contributed by atoms with Crippen LogP contribution in [0, 0.1) is 5.92 Å². The van der Waals surface area contributed by atoms with Gasteiger partial charge in [-0.25, -0.2) is 4.68 Å². The molecular weight excluding hydrogens is 370 g/mol. The van der Waals surface area contributed by atoms with Gasteiger partial charge < -0.3 is 20.1 Å². The second-order valence-electron chi connectivity index (χ2n) is 6.89. The SMILES string of the molecule is COc1ccc([C@H]2[C@@H](C(=O)Nc3ccccc3OC)[C@@H](C)Nc3ncnn32)cc1. The average molecular weight is 393 g/mol. The number of nitrogens with zero attached hydrogens (tertiary/aromatic N) is 3. The minimum atomic E-state index is -0.428. The Balaban J connectivity index is 1.71. The van der Waals surface area contributed by atoms with Crippen molar-refractivity contribution in [1.29, 1.82) is 0 Å². The van der Waals surface area contributed by atoms with Crippen molar-refractivity contribution in [2.45, 2.75) is 19.0 Å². The third-order valence-corrected chi connectivity index (χ3v) is 5.20. The Kier molecular flexibility index (Phi) is 5.07. The van der Waals surface area contributed by atoms with Gasteiger partial charge in [-0.1, -0.05) is 24.3 Å². The third-order valence-electron chi connectivity index (χ3n) is 5.20. The number of para-hydroxylation sites is 2. The molecule has 2 aromatic carbocycles. The van der Waals surface area contributed by atoms with Gasteiger partial charge in [0.05, 0.1) is 31.9 Å². The molecule has 0 radical (unpaired) electrons. The zero-order chi connectivity index (χ0) is 20.4. The number of aromatic nitrogens is 3. The highest BCUT2D eigenvalue weighted by Gasteiger charge is 2.41. The zero-order valence-electron chi connectivity index (χ0n) is 16.5. The fraction of sp³-hybridized carbons (Fsp3) is 0.286. The topological polar surface area (TPSA) is 90.3 Å². The van der Waals surface area contributed by atoms with Crippen molar-refractivity contribution in [2.75, 3.05) is 24.9 Å². The Hall–Kier alpha value is -3.55. The van der Waals surface area contributed by atoms with Crippen LogP contribution >= 0.6 is 0 Å². The van der Waals surface area contributed by atoms with Crippen LogP contribution in [0.2, 0.25) is 0 Å². The Labute approximate surface area is 168 Å². The number of benzene rings is 2. The molecular formula is C21H23N5O3. The lowest BCUT2D eigenvalue weighted by Crippen LogP contribution is -2.46. The lowest BCUT2D eigenvalue weighted by molar-refractivity contribution is -0.121. The smallest absolute Gasteiger partial charge is 0.232 e. The summed E-state index contributed by atoms with van der Waals surface area (Å²) in [5.74, 6) is 1.45. The molecule has 1 aliphatic heterocycles. The van der Waals surface area contributed by atoms with Crippen LogP contribution in [-0.4, -0.2) is 40.9 Å². The zero-order valence-corrected chi connectivity index (χ0v) is 16.5. The van der Waals surface area contributed by atoms with Crippen LogP contribution in [0.1, 0.15) is 18.5 Å². The molecule has 1 aromatic heterocycles. The molecule has 3 aromatic rings. The Bertz CT molecular complexity index is 1000. The van der Waals surface area contributed by atoms with E-state index in [1.165, 1.54) is 6.33 Å². The second-order valence-corrected chi connectivity index (χ2v) is 6.89. The minimum absolute atomic E-state index is 0.128. The van der Waals surface area contributed by atoms with E-state index in [-0.39, 0.29) is 18.0 Å². The van der Waals surface area contributed by atoms with Crippen LogP contribution < -0.4 is 20.1 Å². The number of carbonyl (C=O) groups is 1. The van der Waals surface area contributed by atoms with Gasteiger partial charge in [0, 0.05) is 6.04 Å². The van der Waals surface area contributed by atoms with E-state index in [9.17, 15) is 4.79 Å². The summed E-state index contributed by atoms with van der Waals surface area (Å²) in [6.45, 7) is 1.97. The molecule has 0 spiro atoms. The van der Waals surface area contributed by atoms with Crippen molar-refractivity contribution >= 4 is 17.5 Å². The molecule has 0 aliphatic carbocycles. The molecule has 1 amide bonds. The summed E-state index contributed by atoms with van der Waals surface area (Å²) < 4.78 is 12.4. The number of nitrogens with one attached hydrogen (secondary N) is 2. The predicted octanol–water partition coefficient (Wildman–Crippen LogP) is 2.95. The number of amides is 1. The van der Waals surface area contributed by atoms with Crippen LogP contribution in [0.3, 0.4) is 0 Å². The maximum Gasteiger partial charge on any atom is 0.232 e. The standard InChI is InChI=1S/C21H23N5O3/c1-13-18(20(27)25-16-6-4-5-7-17(16)29-3)19(26-21(24-13)22-12-23-26)14-8-10-15(28-2)11-9-14/h4-13,18-19H,1-3H3,(H,25,27)(H,22,23,24)/t13-,18+,19+/m1/s1. The fourth-order valence-corrected chi connectivity index (χ4v) is 3.76. The summed E-state index contributed by atoms with van der Waals surface area (Å²) >= 11 is 0. The van der Waals surface area contributed by atoms with E-state index in [1.807, 2.05) is 55.5 Å². The second kappa shape index (κ2) is 7.83. The van der Waals surface area contributed by atoms with Crippen LogP contribution in [0.25, 0.3) is 0 Å². The van der Waals surface area contributed by atoms with Crippen molar-refractivity contribution in [3.05, 3.63) is 60.4 Å². The molecule has 150 valence electrons. The highest BCUT2D eigenvalue weighted by Crippen LogP contribution is 2.37. The van der Waals surface area contributed by atoms with E-state index >= 15 is 0 Å². The normalized spacial score (nSPS) is 20.3. The molecule has 8 heteroatoms. The number of hydrogen-bond acceptors (Lipinski definition) is 6. The van der Waals surface area contributed by atoms with Gasteiger partial charge in [-0.15, -0.1) is 0 Å². The van der Waals surface area contributed by atoms with Crippen molar-refractivity contribution < 1.29 is 14.3 Å². The molecule has 0 bridgehead atoms. The third kappa shape index (κ3) is 3.49. The maximum absolute atomic E-state index is 13.4. The first-order valence-corrected chi connectivity index (χ1v) is 9.36. The molecule has 0 saturated carbocycles. The molecule has 2 N–H and O–H groups in total. The van der Waals surface area contributed by atoms with Crippen molar-refractivity contribution in [1.82, 2.24) is 14.8 Å². The van der Waals surface area contributed by atoms with Gasteiger partial charge in [0.2, 0.25) is 11.9 Å². The van der Waals surface area contributed by atoms with Gasteiger partial charge in [0.15, 0.2) is 0 Å². The summed E-state index contributed by atoms with van der Waals surface area (Å²) in [5.41, 5.74) is 1.58. The molecule has 4 rings (SSSR count). The van der Waals surface area contributed by atoms with Crippen LogP contribution in [0.15, 0.2) is 54.9 Å². The summed E-state index contributed by atoms with van der Waals surface area (Å²) in [6.07, 6.45) is 1.49. The van der Waals surface area contributed by atoms with E-state index in [4.69, 9.17) is 9.47 Å². The van der Waals surface area contributed by atoms with E-state index in [1.54, 1.807) is 18.9 Å². The van der Waals surface area contributed by atoms with Gasteiger partial charge >= 0.3 is 0 Å².